The number of ether oxygens (including phenoxy) is 1. The molecule has 1 aromatic rings. The summed E-state index contributed by atoms with van der Waals surface area (Å²) in [5.74, 6) is -0.0813. The summed E-state index contributed by atoms with van der Waals surface area (Å²) in [6.07, 6.45) is 0.757. The van der Waals surface area contributed by atoms with Crippen LogP contribution in [0.5, 0.6) is 5.75 Å². The van der Waals surface area contributed by atoms with Crippen molar-refractivity contribution >= 4 is 21.9 Å². The van der Waals surface area contributed by atoms with E-state index < -0.39 is 5.60 Å². The lowest BCUT2D eigenvalue weighted by Crippen LogP contribution is -2.33. The molecule has 0 saturated carbocycles. The van der Waals surface area contributed by atoms with Crippen LogP contribution in [-0.2, 0) is 9.53 Å². The molecule has 4 nitrogen and oxygen atoms in total. The molecule has 0 bridgehead atoms. The second-order valence-electron chi connectivity index (χ2n) is 5.63. The first kappa shape index (κ1) is 17.0. The van der Waals surface area contributed by atoms with Crippen molar-refractivity contribution in [2.75, 3.05) is 6.54 Å². The predicted octanol–water partition coefficient (Wildman–Crippen LogP) is 3.54. The van der Waals surface area contributed by atoms with E-state index in [2.05, 4.69) is 21.2 Å². The van der Waals surface area contributed by atoms with Gasteiger partial charge in [-0.15, -0.1) is 0 Å². The molecule has 0 heterocycles. The Balaban J connectivity index is 2.68. The quantitative estimate of drug-likeness (QED) is 0.803. The van der Waals surface area contributed by atoms with Gasteiger partial charge in [0.2, 0.25) is 0 Å². The van der Waals surface area contributed by atoms with Gasteiger partial charge in [-0.3, -0.25) is 10.1 Å². The van der Waals surface area contributed by atoms with Gasteiger partial charge in [-0.05, 0) is 45.4 Å². The van der Waals surface area contributed by atoms with Crippen LogP contribution < -0.4 is 5.32 Å². The maximum absolute atomic E-state index is 11.7. The van der Waals surface area contributed by atoms with Crippen LogP contribution in [0.3, 0.4) is 0 Å². The SMILES string of the molecule is CCC(NCC(=O)OC(C)(C)C)c1cc(Br)ccc1O. The van der Waals surface area contributed by atoms with Gasteiger partial charge in [0.25, 0.3) is 0 Å². The molecule has 2 N–H and O–H groups in total. The summed E-state index contributed by atoms with van der Waals surface area (Å²) in [6.45, 7) is 7.61. The Labute approximate surface area is 128 Å². The zero-order chi connectivity index (χ0) is 15.3. The average Bonchev–Trinajstić information content (AvgIpc) is 2.32. The number of esters is 1. The zero-order valence-corrected chi connectivity index (χ0v) is 14.0. The summed E-state index contributed by atoms with van der Waals surface area (Å²) in [5, 5.41) is 13.0. The molecule has 1 unspecified atom stereocenters. The first-order valence-electron chi connectivity index (χ1n) is 6.66. The molecule has 0 aliphatic rings. The van der Waals surface area contributed by atoms with Gasteiger partial charge in [-0.1, -0.05) is 22.9 Å². The Morgan fingerprint density at radius 2 is 2.10 bits per heavy atom. The number of carbonyl (C=O) groups is 1. The molecule has 0 aliphatic heterocycles. The van der Waals surface area contributed by atoms with Crippen LogP contribution in [0, 0.1) is 0 Å². The van der Waals surface area contributed by atoms with Crippen molar-refractivity contribution in [1.82, 2.24) is 5.32 Å². The van der Waals surface area contributed by atoms with E-state index in [1.807, 2.05) is 33.8 Å². The third-order valence-electron chi connectivity index (χ3n) is 2.69. The van der Waals surface area contributed by atoms with Crippen LogP contribution in [0.4, 0.5) is 0 Å². The van der Waals surface area contributed by atoms with E-state index in [0.29, 0.717) is 0 Å². The Morgan fingerprint density at radius 1 is 1.45 bits per heavy atom. The normalized spacial score (nSPS) is 13.1. The van der Waals surface area contributed by atoms with E-state index in [4.69, 9.17) is 4.74 Å². The van der Waals surface area contributed by atoms with E-state index in [1.165, 1.54) is 0 Å². The summed E-state index contributed by atoms with van der Waals surface area (Å²) in [5.41, 5.74) is 0.281. The van der Waals surface area contributed by atoms with Gasteiger partial charge < -0.3 is 9.84 Å². The summed E-state index contributed by atoms with van der Waals surface area (Å²) in [7, 11) is 0. The highest BCUT2D eigenvalue weighted by atomic mass is 79.9. The third-order valence-corrected chi connectivity index (χ3v) is 3.18. The first-order valence-corrected chi connectivity index (χ1v) is 7.46. The molecule has 1 atom stereocenters. The lowest BCUT2D eigenvalue weighted by Gasteiger charge is -2.22. The van der Waals surface area contributed by atoms with Crippen molar-refractivity contribution in [3.63, 3.8) is 0 Å². The van der Waals surface area contributed by atoms with Crippen molar-refractivity contribution in [2.24, 2.45) is 0 Å². The first-order chi connectivity index (χ1) is 9.23. The Morgan fingerprint density at radius 3 is 2.65 bits per heavy atom. The van der Waals surface area contributed by atoms with E-state index in [9.17, 15) is 9.90 Å². The maximum atomic E-state index is 11.7. The number of halogens is 1. The number of hydrogen-bond acceptors (Lipinski definition) is 4. The van der Waals surface area contributed by atoms with Gasteiger partial charge in [0.05, 0.1) is 6.54 Å². The van der Waals surface area contributed by atoms with Crippen LogP contribution in [-0.4, -0.2) is 23.2 Å². The van der Waals surface area contributed by atoms with Crippen LogP contribution in [0.15, 0.2) is 22.7 Å². The molecule has 20 heavy (non-hydrogen) atoms. The zero-order valence-electron chi connectivity index (χ0n) is 12.4. The number of aromatic hydroxyl groups is 1. The Bertz CT molecular complexity index is 469. The standard InChI is InChI=1S/C15H22BrNO3/c1-5-12(11-8-10(16)6-7-13(11)18)17-9-14(19)20-15(2,3)4/h6-8,12,17-18H,5,9H2,1-4H3. The number of carbonyl (C=O) groups excluding carboxylic acids is 1. The van der Waals surface area contributed by atoms with Gasteiger partial charge in [0.15, 0.2) is 0 Å². The van der Waals surface area contributed by atoms with Crippen molar-refractivity contribution in [2.45, 2.75) is 45.8 Å². The number of rotatable bonds is 5. The topological polar surface area (TPSA) is 58.6 Å². The van der Waals surface area contributed by atoms with Crippen molar-refractivity contribution < 1.29 is 14.6 Å². The molecule has 0 spiro atoms. The molecule has 0 amide bonds. The second kappa shape index (κ2) is 7.09. The number of nitrogens with one attached hydrogen (secondary N) is 1. The molecule has 0 saturated heterocycles. The lowest BCUT2D eigenvalue weighted by molar-refractivity contribution is -0.153. The molecule has 1 rings (SSSR count). The largest absolute Gasteiger partial charge is 0.508 e. The van der Waals surface area contributed by atoms with E-state index in [0.717, 1.165) is 16.5 Å². The summed E-state index contributed by atoms with van der Waals surface area (Å²) in [6, 6.07) is 5.17. The van der Waals surface area contributed by atoms with Crippen LogP contribution in [0.1, 0.15) is 45.7 Å². The highest BCUT2D eigenvalue weighted by Crippen LogP contribution is 2.29. The molecule has 112 valence electrons. The molecule has 0 aromatic heterocycles. The van der Waals surface area contributed by atoms with Crippen LogP contribution in [0.25, 0.3) is 0 Å². The van der Waals surface area contributed by atoms with Crippen molar-refractivity contribution in [3.8, 4) is 5.75 Å². The van der Waals surface area contributed by atoms with Gasteiger partial charge >= 0.3 is 5.97 Å². The summed E-state index contributed by atoms with van der Waals surface area (Å²) >= 11 is 3.38. The number of benzene rings is 1. The fourth-order valence-corrected chi connectivity index (χ4v) is 2.24. The predicted molar refractivity (Wildman–Crippen MR) is 82.7 cm³/mol. The fourth-order valence-electron chi connectivity index (χ4n) is 1.86. The van der Waals surface area contributed by atoms with Crippen LogP contribution >= 0.6 is 15.9 Å². The molecule has 0 radical (unpaired) electrons. The average molecular weight is 344 g/mol. The summed E-state index contributed by atoms with van der Waals surface area (Å²) in [4.78, 5) is 11.7. The Hall–Kier alpha value is -1.07. The molecular weight excluding hydrogens is 322 g/mol. The second-order valence-corrected chi connectivity index (χ2v) is 6.55. The van der Waals surface area contributed by atoms with Gasteiger partial charge in [0, 0.05) is 16.1 Å². The van der Waals surface area contributed by atoms with E-state index in [1.54, 1.807) is 12.1 Å². The van der Waals surface area contributed by atoms with Gasteiger partial charge in [-0.25, -0.2) is 0 Å². The lowest BCUT2D eigenvalue weighted by atomic mass is 10.0. The minimum atomic E-state index is -0.488. The minimum absolute atomic E-state index is 0.0972. The monoisotopic (exact) mass is 343 g/mol. The van der Waals surface area contributed by atoms with Gasteiger partial charge in [-0.2, -0.15) is 0 Å². The van der Waals surface area contributed by atoms with E-state index in [-0.39, 0.29) is 24.3 Å². The number of hydrogen-bond donors (Lipinski definition) is 2. The third kappa shape index (κ3) is 5.51. The van der Waals surface area contributed by atoms with E-state index >= 15 is 0 Å². The number of phenolic OH excluding ortho intramolecular Hbond substituents is 1. The fraction of sp³-hybridized carbons (Fsp3) is 0.533. The summed E-state index contributed by atoms with van der Waals surface area (Å²) < 4.78 is 6.14. The number of phenols is 1. The maximum Gasteiger partial charge on any atom is 0.320 e. The Kier molecular flexibility index (Phi) is 6.02. The molecule has 1 aromatic carbocycles. The van der Waals surface area contributed by atoms with Crippen LogP contribution in [0.2, 0.25) is 0 Å². The molecule has 0 aliphatic carbocycles. The smallest absolute Gasteiger partial charge is 0.320 e. The highest BCUT2D eigenvalue weighted by molar-refractivity contribution is 9.10. The van der Waals surface area contributed by atoms with Crippen molar-refractivity contribution in [3.05, 3.63) is 28.2 Å². The van der Waals surface area contributed by atoms with Crippen molar-refractivity contribution in [1.29, 1.82) is 0 Å². The molecule has 5 heteroatoms. The molecular formula is C15H22BrNO3. The van der Waals surface area contributed by atoms with Gasteiger partial charge in [0.1, 0.15) is 11.4 Å². The molecule has 0 fully saturated rings. The minimum Gasteiger partial charge on any atom is -0.508 e. The highest BCUT2D eigenvalue weighted by Gasteiger charge is 2.19.